The summed E-state index contributed by atoms with van der Waals surface area (Å²) in [6, 6.07) is 1.20. The maximum absolute atomic E-state index is 11.0. The molecule has 94 valence electrons. The second-order valence-electron chi connectivity index (χ2n) is 4.82. The van der Waals surface area contributed by atoms with E-state index >= 15 is 0 Å². The first-order valence-electron chi connectivity index (χ1n) is 6.06. The van der Waals surface area contributed by atoms with E-state index in [1.165, 1.54) is 0 Å². The summed E-state index contributed by atoms with van der Waals surface area (Å²) in [4.78, 5) is 13.4. The van der Waals surface area contributed by atoms with Crippen molar-refractivity contribution in [3.05, 3.63) is 11.6 Å². The van der Waals surface area contributed by atoms with Crippen LogP contribution in [0.5, 0.6) is 0 Å². The number of hydrogen-bond acceptors (Lipinski definition) is 2. The van der Waals surface area contributed by atoms with Crippen molar-refractivity contribution in [3.63, 3.8) is 0 Å². The Morgan fingerprint density at radius 1 is 1.25 bits per heavy atom. The van der Waals surface area contributed by atoms with Crippen LogP contribution < -0.4 is 5.73 Å². The Morgan fingerprint density at radius 2 is 1.69 bits per heavy atom. The van der Waals surface area contributed by atoms with Crippen LogP contribution in [0.1, 0.15) is 48.0 Å². The van der Waals surface area contributed by atoms with E-state index in [4.69, 9.17) is 5.73 Å². The molecule has 0 aliphatic rings. The topological polar surface area (TPSA) is 46.3 Å². The van der Waals surface area contributed by atoms with Crippen molar-refractivity contribution in [3.8, 4) is 0 Å². The molecule has 3 heteroatoms. The molecule has 0 aliphatic carbocycles. The molecular weight excluding hydrogens is 200 g/mol. The third kappa shape index (κ3) is 4.35. The van der Waals surface area contributed by atoms with E-state index < -0.39 is 0 Å². The fraction of sp³-hybridized carbons (Fsp3) is 0.769. The summed E-state index contributed by atoms with van der Waals surface area (Å²) < 4.78 is 0. The molecule has 0 bridgehead atoms. The third-order valence-electron chi connectivity index (χ3n) is 2.82. The Morgan fingerprint density at radius 3 is 1.94 bits per heavy atom. The van der Waals surface area contributed by atoms with Crippen LogP contribution in [-0.4, -0.2) is 28.9 Å². The van der Waals surface area contributed by atoms with Crippen LogP contribution in [0.2, 0.25) is 0 Å². The van der Waals surface area contributed by atoms with Gasteiger partial charge in [-0.2, -0.15) is 0 Å². The largest absolute Gasteiger partial charge is 0.366 e. The lowest BCUT2D eigenvalue weighted by Gasteiger charge is -2.36. The Kier molecular flexibility index (Phi) is 6.34. The lowest BCUT2D eigenvalue weighted by Crippen LogP contribution is -2.44. The second-order valence-corrected chi connectivity index (χ2v) is 4.82. The van der Waals surface area contributed by atoms with Gasteiger partial charge in [0, 0.05) is 23.7 Å². The van der Waals surface area contributed by atoms with Crippen LogP contribution in [0, 0.1) is 0 Å². The maximum atomic E-state index is 11.0. The summed E-state index contributed by atoms with van der Waals surface area (Å²) in [6.45, 7) is 12.6. The van der Waals surface area contributed by atoms with Crippen LogP contribution in [0.4, 0.5) is 0 Å². The minimum absolute atomic E-state index is 0.285. The molecule has 0 radical (unpaired) electrons. The molecule has 1 amide bonds. The molecule has 0 spiro atoms. The van der Waals surface area contributed by atoms with Gasteiger partial charge in [0.1, 0.15) is 0 Å². The Bertz CT molecular complexity index is 249. The van der Waals surface area contributed by atoms with Gasteiger partial charge in [-0.05, 0) is 41.0 Å². The molecule has 0 rings (SSSR count). The van der Waals surface area contributed by atoms with Crippen molar-refractivity contribution in [1.82, 2.24) is 4.90 Å². The van der Waals surface area contributed by atoms with Crippen molar-refractivity contribution in [2.24, 2.45) is 5.73 Å². The number of carbonyl (C=O) groups excluding carboxylic acids is 1. The zero-order valence-corrected chi connectivity index (χ0v) is 11.4. The molecule has 0 aromatic carbocycles. The molecule has 16 heavy (non-hydrogen) atoms. The average molecular weight is 226 g/mol. The summed E-state index contributed by atoms with van der Waals surface area (Å²) in [5, 5.41) is 0. The zero-order chi connectivity index (χ0) is 12.9. The predicted octanol–water partition coefficient (Wildman–Crippen LogP) is 2.32. The third-order valence-corrected chi connectivity index (χ3v) is 2.82. The molecule has 0 heterocycles. The first-order valence-corrected chi connectivity index (χ1v) is 6.06. The van der Waals surface area contributed by atoms with E-state index in [1.807, 2.05) is 6.08 Å². The summed E-state index contributed by atoms with van der Waals surface area (Å²) in [5.41, 5.74) is 5.92. The number of primary amides is 1. The van der Waals surface area contributed by atoms with Crippen LogP contribution in [0.15, 0.2) is 11.6 Å². The molecule has 2 N–H and O–H groups in total. The number of nitrogens with zero attached hydrogens (tertiary/aromatic N) is 1. The van der Waals surface area contributed by atoms with E-state index in [-0.39, 0.29) is 11.9 Å². The molecule has 3 nitrogen and oxygen atoms in total. The molecule has 0 saturated carbocycles. The van der Waals surface area contributed by atoms with Gasteiger partial charge in [-0.3, -0.25) is 9.69 Å². The standard InChI is InChI=1S/C13H26N2O/c1-7-12(8-11(6)13(14)16)15(9(2)3)10(4)5/h8-10,12H,7H2,1-6H3,(H2,14,16)/b11-8+. The quantitative estimate of drug-likeness (QED) is 0.706. The molecule has 0 fully saturated rings. The van der Waals surface area contributed by atoms with Gasteiger partial charge in [0.2, 0.25) is 5.91 Å². The van der Waals surface area contributed by atoms with Crippen LogP contribution in [0.3, 0.4) is 0 Å². The first-order chi connectivity index (χ1) is 7.31. The van der Waals surface area contributed by atoms with Crippen LogP contribution >= 0.6 is 0 Å². The fourth-order valence-corrected chi connectivity index (χ4v) is 2.15. The van der Waals surface area contributed by atoms with Gasteiger partial charge >= 0.3 is 0 Å². The average Bonchev–Trinajstić information content (AvgIpc) is 2.14. The monoisotopic (exact) mass is 226 g/mol. The molecule has 0 aliphatic heterocycles. The Balaban J connectivity index is 4.95. The minimum atomic E-state index is -0.328. The molecule has 1 atom stereocenters. The lowest BCUT2D eigenvalue weighted by molar-refractivity contribution is -0.114. The Hall–Kier alpha value is -0.830. The molecule has 1 unspecified atom stereocenters. The molecule has 0 saturated heterocycles. The summed E-state index contributed by atoms with van der Waals surface area (Å²) in [6.07, 6.45) is 2.98. The van der Waals surface area contributed by atoms with Gasteiger partial charge in [-0.15, -0.1) is 0 Å². The predicted molar refractivity (Wildman–Crippen MR) is 69.1 cm³/mol. The molecular formula is C13H26N2O. The maximum Gasteiger partial charge on any atom is 0.244 e. The summed E-state index contributed by atoms with van der Waals surface area (Å²) in [7, 11) is 0. The normalized spacial score (nSPS) is 14.9. The highest BCUT2D eigenvalue weighted by atomic mass is 16.1. The summed E-state index contributed by atoms with van der Waals surface area (Å²) >= 11 is 0. The first kappa shape index (κ1) is 15.2. The van der Waals surface area contributed by atoms with Gasteiger partial charge in [-0.25, -0.2) is 0 Å². The van der Waals surface area contributed by atoms with E-state index in [2.05, 4.69) is 39.5 Å². The van der Waals surface area contributed by atoms with Crippen LogP contribution in [-0.2, 0) is 4.79 Å². The highest BCUT2D eigenvalue weighted by Crippen LogP contribution is 2.16. The lowest BCUT2D eigenvalue weighted by atomic mass is 10.0. The van der Waals surface area contributed by atoms with Gasteiger partial charge in [0.05, 0.1) is 0 Å². The van der Waals surface area contributed by atoms with Crippen molar-refractivity contribution in [1.29, 1.82) is 0 Å². The second kappa shape index (κ2) is 6.69. The van der Waals surface area contributed by atoms with E-state index in [0.29, 0.717) is 17.7 Å². The highest BCUT2D eigenvalue weighted by molar-refractivity contribution is 5.91. The minimum Gasteiger partial charge on any atom is -0.366 e. The van der Waals surface area contributed by atoms with Crippen molar-refractivity contribution < 1.29 is 4.79 Å². The van der Waals surface area contributed by atoms with Crippen molar-refractivity contribution >= 4 is 5.91 Å². The number of nitrogens with two attached hydrogens (primary N) is 1. The molecule has 0 aromatic heterocycles. The van der Waals surface area contributed by atoms with E-state index in [0.717, 1.165) is 6.42 Å². The van der Waals surface area contributed by atoms with E-state index in [1.54, 1.807) is 6.92 Å². The van der Waals surface area contributed by atoms with Crippen molar-refractivity contribution in [2.75, 3.05) is 0 Å². The number of rotatable bonds is 6. The Labute approximate surface area is 99.7 Å². The van der Waals surface area contributed by atoms with Gasteiger partial charge in [-0.1, -0.05) is 13.0 Å². The van der Waals surface area contributed by atoms with Crippen molar-refractivity contribution in [2.45, 2.75) is 66.1 Å². The zero-order valence-electron chi connectivity index (χ0n) is 11.4. The van der Waals surface area contributed by atoms with Gasteiger partial charge < -0.3 is 5.73 Å². The highest BCUT2D eigenvalue weighted by Gasteiger charge is 2.21. The molecule has 0 aromatic rings. The fourth-order valence-electron chi connectivity index (χ4n) is 2.15. The number of amides is 1. The SMILES string of the molecule is CCC(/C=C(\C)C(N)=O)N(C(C)C)C(C)C. The van der Waals surface area contributed by atoms with Gasteiger partial charge in [0.25, 0.3) is 0 Å². The number of carbonyl (C=O) groups is 1. The van der Waals surface area contributed by atoms with Gasteiger partial charge in [0.15, 0.2) is 0 Å². The van der Waals surface area contributed by atoms with E-state index in [9.17, 15) is 4.79 Å². The number of hydrogen-bond donors (Lipinski definition) is 1. The smallest absolute Gasteiger partial charge is 0.244 e. The summed E-state index contributed by atoms with van der Waals surface area (Å²) in [5.74, 6) is -0.328. The van der Waals surface area contributed by atoms with Crippen LogP contribution in [0.25, 0.3) is 0 Å².